The van der Waals surface area contributed by atoms with Crippen LogP contribution in [0.3, 0.4) is 0 Å². The molecule has 0 aliphatic rings. The lowest BCUT2D eigenvalue weighted by Crippen LogP contribution is -2.01. The minimum Gasteiger partial charge on any atom is -0.348 e. The second-order valence-electron chi connectivity index (χ2n) is 4.47. The van der Waals surface area contributed by atoms with Gasteiger partial charge in [0.05, 0.1) is 6.54 Å². The number of aromatic nitrogens is 3. The number of nitrogens with zero attached hydrogens (tertiary/aromatic N) is 3. The molecule has 1 N–H and O–H groups in total. The minimum atomic E-state index is 0.685. The third-order valence-electron chi connectivity index (χ3n) is 3.18. The molecule has 0 fully saturated rings. The highest BCUT2D eigenvalue weighted by Crippen LogP contribution is 2.18. The number of nitrogens with one attached hydrogen (secondary N) is 1. The Labute approximate surface area is 116 Å². The first-order valence-electron chi connectivity index (χ1n) is 6.39. The van der Waals surface area contributed by atoms with Crippen LogP contribution < -0.4 is 5.32 Å². The number of pyridine rings is 1. The van der Waals surface area contributed by atoms with Gasteiger partial charge in [-0.15, -0.1) is 16.4 Å². The van der Waals surface area contributed by atoms with Crippen molar-refractivity contribution in [2.45, 2.75) is 26.8 Å². The molecule has 0 saturated heterocycles. The van der Waals surface area contributed by atoms with Gasteiger partial charge in [-0.25, -0.2) is 4.52 Å². The van der Waals surface area contributed by atoms with Crippen LogP contribution in [0.25, 0.3) is 5.65 Å². The smallest absolute Gasteiger partial charge is 0.243 e. The summed E-state index contributed by atoms with van der Waals surface area (Å²) >= 11 is 1.78. The second-order valence-corrected chi connectivity index (χ2v) is 5.47. The van der Waals surface area contributed by atoms with Crippen molar-refractivity contribution in [1.29, 1.82) is 0 Å². The third-order valence-corrected chi connectivity index (χ3v) is 4.15. The van der Waals surface area contributed by atoms with Crippen molar-refractivity contribution >= 4 is 22.9 Å². The van der Waals surface area contributed by atoms with E-state index >= 15 is 0 Å². The summed E-state index contributed by atoms with van der Waals surface area (Å²) in [5.74, 6) is 0.685. The van der Waals surface area contributed by atoms with Crippen LogP contribution in [-0.4, -0.2) is 14.6 Å². The van der Waals surface area contributed by atoms with E-state index in [2.05, 4.69) is 33.8 Å². The standard InChI is InChI=1S/C14H16N4S/c1-3-11-6-8-19-12(11)9-15-14-16-13-10(2)5-4-7-18(13)17-14/h4-8H,3,9H2,1-2H3,(H,15,17). The van der Waals surface area contributed by atoms with Gasteiger partial charge in [0.25, 0.3) is 0 Å². The zero-order chi connectivity index (χ0) is 13.2. The van der Waals surface area contributed by atoms with Crippen LogP contribution in [0.5, 0.6) is 0 Å². The molecule has 0 atom stereocenters. The van der Waals surface area contributed by atoms with Crippen molar-refractivity contribution in [1.82, 2.24) is 14.6 Å². The molecule has 4 nitrogen and oxygen atoms in total. The fourth-order valence-electron chi connectivity index (χ4n) is 2.11. The summed E-state index contributed by atoms with van der Waals surface area (Å²) < 4.78 is 1.81. The van der Waals surface area contributed by atoms with Crippen LogP contribution in [0.2, 0.25) is 0 Å². The first-order valence-corrected chi connectivity index (χ1v) is 7.27. The average molecular weight is 272 g/mol. The predicted molar refractivity (Wildman–Crippen MR) is 78.7 cm³/mol. The molecule has 0 amide bonds. The number of rotatable bonds is 4. The van der Waals surface area contributed by atoms with E-state index in [9.17, 15) is 0 Å². The summed E-state index contributed by atoms with van der Waals surface area (Å²) in [6.07, 6.45) is 2.99. The molecule has 0 bridgehead atoms. The van der Waals surface area contributed by atoms with Gasteiger partial charge < -0.3 is 5.32 Å². The topological polar surface area (TPSA) is 42.2 Å². The lowest BCUT2D eigenvalue weighted by Gasteiger charge is -2.01. The molecule has 3 rings (SSSR count). The van der Waals surface area contributed by atoms with Gasteiger partial charge in [-0.2, -0.15) is 4.98 Å². The molecule has 0 radical (unpaired) electrons. The molecule has 0 spiro atoms. The number of anilines is 1. The maximum absolute atomic E-state index is 4.51. The molecule has 98 valence electrons. The summed E-state index contributed by atoms with van der Waals surface area (Å²) in [5, 5.41) is 9.87. The van der Waals surface area contributed by atoms with E-state index in [-0.39, 0.29) is 0 Å². The molecule has 0 aliphatic heterocycles. The second kappa shape index (κ2) is 5.01. The van der Waals surface area contributed by atoms with Crippen LogP contribution >= 0.6 is 11.3 Å². The summed E-state index contributed by atoms with van der Waals surface area (Å²) in [7, 11) is 0. The van der Waals surface area contributed by atoms with E-state index in [1.807, 2.05) is 29.8 Å². The molecule has 3 aromatic heterocycles. The summed E-state index contributed by atoms with van der Waals surface area (Å²) in [6, 6.07) is 6.21. The number of hydrogen-bond acceptors (Lipinski definition) is 4. The first kappa shape index (κ1) is 12.2. The quantitative estimate of drug-likeness (QED) is 0.792. The Morgan fingerprint density at radius 3 is 3.05 bits per heavy atom. The van der Waals surface area contributed by atoms with E-state index in [1.54, 1.807) is 11.3 Å². The van der Waals surface area contributed by atoms with Crippen molar-refractivity contribution in [3.8, 4) is 0 Å². The fraction of sp³-hybridized carbons (Fsp3) is 0.286. The predicted octanol–water partition coefficient (Wildman–Crippen LogP) is 3.27. The molecular weight excluding hydrogens is 256 g/mol. The fourth-order valence-corrected chi connectivity index (χ4v) is 3.03. The van der Waals surface area contributed by atoms with Crippen molar-refractivity contribution in [2.24, 2.45) is 0 Å². The maximum Gasteiger partial charge on any atom is 0.243 e. The molecule has 5 heteroatoms. The van der Waals surface area contributed by atoms with Gasteiger partial charge in [0, 0.05) is 11.1 Å². The minimum absolute atomic E-state index is 0.685. The summed E-state index contributed by atoms with van der Waals surface area (Å²) in [6.45, 7) is 5.01. The number of hydrogen-bond donors (Lipinski definition) is 1. The maximum atomic E-state index is 4.51. The van der Waals surface area contributed by atoms with E-state index in [0.717, 1.165) is 24.2 Å². The highest BCUT2D eigenvalue weighted by molar-refractivity contribution is 7.10. The van der Waals surface area contributed by atoms with E-state index < -0.39 is 0 Å². The third kappa shape index (κ3) is 2.33. The van der Waals surface area contributed by atoms with Crippen LogP contribution in [0.1, 0.15) is 22.9 Å². The molecule has 19 heavy (non-hydrogen) atoms. The van der Waals surface area contributed by atoms with Gasteiger partial charge in [-0.05, 0) is 42.0 Å². The van der Waals surface area contributed by atoms with Gasteiger partial charge in [-0.3, -0.25) is 0 Å². The number of aryl methyl sites for hydroxylation is 2. The van der Waals surface area contributed by atoms with Crippen LogP contribution in [-0.2, 0) is 13.0 Å². The summed E-state index contributed by atoms with van der Waals surface area (Å²) in [4.78, 5) is 5.87. The van der Waals surface area contributed by atoms with Gasteiger partial charge >= 0.3 is 0 Å². The highest BCUT2D eigenvalue weighted by atomic mass is 32.1. The largest absolute Gasteiger partial charge is 0.348 e. The Morgan fingerprint density at radius 2 is 2.26 bits per heavy atom. The monoisotopic (exact) mass is 272 g/mol. The molecule has 3 heterocycles. The molecule has 0 aromatic carbocycles. The van der Waals surface area contributed by atoms with Crippen molar-refractivity contribution < 1.29 is 0 Å². The van der Waals surface area contributed by atoms with E-state index in [0.29, 0.717) is 5.95 Å². The van der Waals surface area contributed by atoms with Gasteiger partial charge in [0.1, 0.15) is 0 Å². The molecule has 3 aromatic rings. The number of thiophene rings is 1. The zero-order valence-electron chi connectivity index (χ0n) is 11.1. The Hall–Kier alpha value is -1.88. The Bertz CT molecular complexity index is 698. The molecule has 0 saturated carbocycles. The van der Waals surface area contributed by atoms with Gasteiger partial charge in [0.2, 0.25) is 5.95 Å². The summed E-state index contributed by atoms with van der Waals surface area (Å²) in [5.41, 5.74) is 3.44. The van der Waals surface area contributed by atoms with Gasteiger partial charge in [0.15, 0.2) is 5.65 Å². The Kier molecular flexibility index (Phi) is 3.21. The SMILES string of the molecule is CCc1ccsc1CNc1nc2c(C)cccn2n1. The Balaban J connectivity index is 1.80. The van der Waals surface area contributed by atoms with Crippen molar-refractivity contribution in [3.05, 3.63) is 45.8 Å². The lowest BCUT2D eigenvalue weighted by molar-refractivity contribution is 0.946. The average Bonchev–Trinajstić information content (AvgIpc) is 3.02. The van der Waals surface area contributed by atoms with E-state index in [1.165, 1.54) is 10.4 Å². The molecule has 0 aliphatic carbocycles. The Morgan fingerprint density at radius 1 is 1.37 bits per heavy atom. The van der Waals surface area contributed by atoms with Crippen molar-refractivity contribution in [2.75, 3.05) is 5.32 Å². The molecule has 0 unspecified atom stereocenters. The lowest BCUT2D eigenvalue weighted by atomic mass is 10.2. The van der Waals surface area contributed by atoms with E-state index in [4.69, 9.17) is 0 Å². The van der Waals surface area contributed by atoms with Gasteiger partial charge in [-0.1, -0.05) is 13.0 Å². The van der Waals surface area contributed by atoms with Crippen LogP contribution in [0.4, 0.5) is 5.95 Å². The zero-order valence-corrected chi connectivity index (χ0v) is 11.9. The van der Waals surface area contributed by atoms with Crippen molar-refractivity contribution in [3.63, 3.8) is 0 Å². The highest BCUT2D eigenvalue weighted by Gasteiger charge is 2.07. The normalized spacial score (nSPS) is 11.1. The van der Waals surface area contributed by atoms with Crippen LogP contribution in [0.15, 0.2) is 29.8 Å². The molecular formula is C14H16N4S. The first-order chi connectivity index (χ1) is 9.28. The van der Waals surface area contributed by atoms with Crippen LogP contribution in [0, 0.1) is 6.92 Å². The number of fused-ring (bicyclic) bond motifs is 1.